The Balaban J connectivity index is 2.49. The van der Waals surface area contributed by atoms with Gasteiger partial charge in [-0.25, -0.2) is 0 Å². The van der Waals surface area contributed by atoms with Crippen molar-refractivity contribution in [1.29, 1.82) is 5.41 Å². The van der Waals surface area contributed by atoms with Crippen LogP contribution in [-0.4, -0.2) is 61.1 Å². The van der Waals surface area contributed by atoms with E-state index in [0.29, 0.717) is 5.84 Å². The van der Waals surface area contributed by atoms with Crippen LogP contribution in [0.3, 0.4) is 0 Å². The average Bonchev–Trinajstić information content (AvgIpc) is 2.31. The molecule has 1 fully saturated rings. The first-order chi connectivity index (χ1) is 7.72. The molecule has 0 radical (unpaired) electrons. The van der Waals surface area contributed by atoms with Crippen LogP contribution in [0.25, 0.3) is 0 Å². The predicted octanol–water partition coefficient (Wildman–Crippen LogP) is 1.42. The summed E-state index contributed by atoms with van der Waals surface area (Å²) in [7, 11) is 0. The maximum atomic E-state index is 8.14. The fourth-order valence-electron chi connectivity index (χ4n) is 2.16. The summed E-state index contributed by atoms with van der Waals surface area (Å²) < 4.78 is 5.69. The number of morpholine rings is 1. The van der Waals surface area contributed by atoms with Crippen molar-refractivity contribution in [1.82, 2.24) is 9.80 Å². The molecule has 0 aromatic heterocycles. The lowest BCUT2D eigenvalue weighted by molar-refractivity contribution is 0.000852. The number of hydrogen-bond donors (Lipinski definition) is 1. The first-order valence-electron chi connectivity index (χ1n) is 6.40. The van der Waals surface area contributed by atoms with Gasteiger partial charge in [-0.2, -0.15) is 0 Å². The molecule has 16 heavy (non-hydrogen) atoms. The van der Waals surface area contributed by atoms with E-state index in [0.717, 1.165) is 39.3 Å². The van der Waals surface area contributed by atoms with E-state index < -0.39 is 0 Å². The predicted molar refractivity (Wildman–Crippen MR) is 67.1 cm³/mol. The normalized spacial score (nSPS) is 22.1. The smallest absolute Gasteiger partial charge is 0.127 e. The van der Waals surface area contributed by atoms with E-state index in [1.165, 1.54) is 6.42 Å². The highest BCUT2D eigenvalue weighted by atomic mass is 16.5. The fourth-order valence-corrected chi connectivity index (χ4v) is 2.16. The van der Waals surface area contributed by atoms with Crippen LogP contribution in [0.15, 0.2) is 0 Å². The molecule has 0 aliphatic carbocycles. The summed E-state index contributed by atoms with van der Waals surface area (Å²) in [5, 5.41) is 8.14. The first kappa shape index (κ1) is 13.5. The first-order valence-corrected chi connectivity index (χ1v) is 6.40. The third-order valence-corrected chi connectivity index (χ3v) is 3.10. The fraction of sp³-hybridized carbons (Fsp3) is 0.917. The van der Waals surface area contributed by atoms with Crippen molar-refractivity contribution in [3.8, 4) is 0 Å². The van der Waals surface area contributed by atoms with Crippen LogP contribution >= 0.6 is 0 Å². The molecule has 1 atom stereocenters. The molecule has 1 saturated heterocycles. The second-order valence-electron chi connectivity index (χ2n) is 4.22. The topological polar surface area (TPSA) is 39.6 Å². The third-order valence-electron chi connectivity index (χ3n) is 3.10. The number of nitrogens with one attached hydrogen (secondary N) is 1. The zero-order valence-electron chi connectivity index (χ0n) is 10.8. The number of likely N-dealkylation sites (N-methyl/N-ethyl adjacent to an activating group) is 1. The van der Waals surface area contributed by atoms with Crippen molar-refractivity contribution < 1.29 is 4.74 Å². The number of ether oxygens (including phenoxy) is 1. The van der Waals surface area contributed by atoms with Gasteiger partial charge in [-0.3, -0.25) is 10.3 Å². The van der Waals surface area contributed by atoms with Crippen LogP contribution in [0.4, 0.5) is 0 Å². The molecule has 1 aliphatic heterocycles. The summed E-state index contributed by atoms with van der Waals surface area (Å²) >= 11 is 0. The summed E-state index contributed by atoms with van der Waals surface area (Å²) in [5.41, 5.74) is 0. The summed E-state index contributed by atoms with van der Waals surface area (Å²) in [6, 6.07) is 0. The van der Waals surface area contributed by atoms with Gasteiger partial charge in [0.25, 0.3) is 0 Å². The number of amidine groups is 1. The Bertz CT molecular complexity index is 214. The monoisotopic (exact) mass is 227 g/mol. The van der Waals surface area contributed by atoms with Crippen LogP contribution in [0, 0.1) is 5.41 Å². The van der Waals surface area contributed by atoms with E-state index in [-0.39, 0.29) is 6.10 Å². The number of hydrogen-bond acceptors (Lipinski definition) is 3. The van der Waals surface area contributed by atoms with E-state index in [4.69, 9.17) is 10.1 Å². The largest absolute Gasteiger partial charge is 0.368 e. The molecule has 0 aromatic carbocycles. The molecular weight excluding hydrogens is 202 g/mol. The molecule has 0 spiro atoms. The minimum absolute atomic E-state index is 0.0276. The van der Waals surface area contributed by atoms with E-state index >= 15 is 0 Å². The molecular formula is C12H25N3O. The van der Waals surface area contributed by atoms with E-state index in [1.807, 2.05) is 0 Å². The van der Waals surface area contributed by atoms with Gasteiger partial charge in [0, 0.05) is 26.2 Å². The minimum Gasteiger partial charge on any atom is -0.368 e. The Hall–Kier alpha value is -0.610. The lowest BCUT2D eigenvalue weighted by Gasteiger charge is -2.36. The molecule has 1 heterocycles. The number of rotatable bonds is 5. The molecule has 94 valence electrons. The van der Waals surface area contributed by atoms with Gasteiger partial charge in [-0.05, 0) is 26.8 Å². The van der Waals surface area contributed by atoms with Crippen molar-refractivity contribution in [2.24, 2.45) is 0 Å². The molecule has 1 N–H and O–H groups in total. The molecule has 0 saturated carbocycles. The van der Waals surface area contributed by atoms with Gasteiger partial charge in [-0.1, -0.05) is 6.92 Å². The molecule has 0 amide bonds. The highest BCUT2D eigenvalue weighted by molar-refractivity contribution is 5.84. The third kappa shape index (κ3) is 3.46. The number of nitrogens with zero attached hydrogens (tertiary/aromatic N) is 2. The maximum absolute atomic E-state index is 8.14. The van der Waals surface area contributed by atoms with Crippen LogP contribution in [0.1, 0.15) is 27.2 Å². The zero-order valence-corrected chi connectivity index (χ0v) is 10.8. The van der Waals surface area contributed by atoms with E-state index in [2.05, 4.69) is 30.6 Å². The van der Waals surface area contributed by atoms with Crippen molar-refractivity contribution in [3.05, 3.63) is 0 Å². The summed E-state index contributed by atoms with van der Waals surface area (Å²) in [6.07, 6.45) is 1.14. The second kappa shape index (κ2) is 6.86. The second-order valence-corrected chi connectivity index (χ2v) is 4.22. The Labute approximate surface area is 99.1 Å². The molecule has 1 unspecified atom stereocenters. The highest BCUT2D eigenvalue weighted by Crippen LogP contribution is 2.09. The molecule has 4 nitrogen and oxygen atoms in total. The van der Waals surface area contributed by atoms with Gasteiger partial charge >= 0.3 is 0 Å². The van der Waals surface area contributed by atoms with Gasteiger partial charge in [-0.15, -0.1) is 0 Å². The molecule has 0 aromatic rings. The summed E-state index contributed by atoms with van der Waals surface area (Å²) in [4.78, 5) is 4.46. The standard InChI is InChI=1S/C12H25N3O/c1-4-7-14-8-9-16-11(10-14)12(13)15(5-2)6-3/h11,13H,4-10H2,1-3H3. The van der Waals surface area contributed by atoms with Crippen LogP contribution < -0.4 is 0 Å². The van der Waals surface area contributed by atoms with Gasteiger partial charge < -0.3 is 9.64 Å². The lowest BCUT2D eigenvalue weighted by atomic mass is 10.2. The summed E-state index contributed by atoms with van der Waals surface area (Å²) in [6.45, 7) is 11.9. The molecule has 1 aliphatic rings. The van der Waals surface area contributed by atoms with Crippen LogP contribution in [0.5, 0.6) is 0 Å². The molecule has 4 heteroatoms. The van der Waals surface area contributed by atoms with Crippen LogP contribution in [0.2, 0.25) is 0 Å². The SMILES string of the molecule is CCCN1CCOC(C(=N)N(CC)CC)C1. The van der Waals surface area contributed by atoms with Gasteiger partial charge in [0.05, 0.1) is 6.61 Å². The minimum atomic E-state index is -0.0276. The van der Waals surface area contributed by atoms with Gasteiger partial charge in [0.1, 0.15) is 11.9 Å². The van der Waals surface area contributed by atoms with E-state index in [1.54, 1.807) is 0 Å². The van der Waals surface area contributed by atoms with Crippen LogP contribution in [-0.2, 0) is 4.74 Å². The maximum Gasteiger partial charge on any atom is 0.127 e. The highest BCUT2D eigenvalue weighted by Gasteiger charge is 2.25. The Morgan fingerprint density at radius 3 is 2.62 bits per heavy atom. The Morgan fingerprint density at radius 2 is 2.06 bits per heavy atom. The lowest BCUT2D eigenvalue weighted by Crippen LogP contribution is -2.50. The van der Waals surface area contributed by atoms with Crippen molar-refractivity contribution >= 4 is 5.84 Å². The van der Waals surface area contributed by atoms with Crippen molar-refractivity contribution in [3.63, 3.8) is 0 Å². The zero-order chi connectivity index (χ0) is 12.0. The summed E-state index contributed by atoms with van der Waals surface area (Å²) in [5.74, 6) is 0.644. The van der Waals surface area contributed by atoms with Gasteiger partial charge in [0.15, 0.2) is 0 Å². The molecule has 0 bridgehead atoms. The van der Waals surface area contributed by atoms with E-state index in [9.17, 15) is 0 Å². The van der Waals surface area contributed by atoms with Gasteiger partial charge in [0.2, 0.25) is 0 Å². The Morgan fingerprint density at radius 1 is 1.38 bits per heavy atom. The molecule has 1 rings (SSSR count). The van der Waals surface area contributed by atoms with Crippen molar-refractivity contribution in [2.75, 3.05) is 39.3 Å². The Kier molecular flexibility index (Phi) is 5.77. The van der Waals surface area contributed by atoms with Crippen molar-refractivity contribution in [2.45, 2.75) is 33.3 Å². The average molecular weight is 227 g/mol. The quantitative estimate of drug-likeness (QED) is 0.570.